The van der Waals surface area contributed by atoms with Crippen LogP contribution in [0, 0.1) is 0 Å². The monoisotopic (exact) mass is 197 g/mol. The Balaban J connectivity index is 2.26. The van der Waals surface area contributed by atoms with Crippen molar-refractivity contribution in [2.45, 2.75) is 12.8 Å². The molecule has 1 aromatic heterocycles. The van der Waals surface area contributed by atoms with Crippen molar-refractivity contribution >= 4 is 5.95 Å². The standard InChI is InChI=1S/C12H11N3/c13-12-14-7-10-9-4-2-1-3-8(9)5-6-11(10)15-12/h1-4,7H,5-6H2,(H2,13,14,15). The molecule has 0 amide bonds. The molecule has 2 N–H and O–H groups in total. The van der Waals surface area contributed by atoms with Gasteiger partial charge in [-0.25, -0.2) is 9.97 Å². The molecule has 3 nitrogen and oxygen atoms in total. The van der Waals surface area contributed by atoms with E-state index in [1.165, 1.54) is 11.1 Å². The molecule has 1 aliphatic rings. The highest BCUT2D eigenvalue weighted by molar-refractivity contribution is 5.71. The quantitative estimate of drug-likeness (QED) is 0.701. The van der Waals surface area contributed by atoms with Gasteiger partial charge in [-0.3, -0.25) is 0 Å². The average Bonchev–Trinajstić information content (AvgIpc) is 2.28. The first-order chi connectivity index (χ1) is 7.34. The molecule has 0 bridgehead atoms. The van der Waals surface area contributed by atoms with E-state index in [1.807, 2.05) is 12.3 Å². The van der Waals surface area contributed by atoms with Gasteiger partial charge in [0.1, 0.15) is 0 Å². The number of fused-ring (bicyclic) bond motifs is 3. The zero-order valence-electron chi connectivity index (χ0n) is 8.27. The van der Waals surface area contributed by atoms with Crippen LogP contribution in [0.3, 0.4) is 0 Å². The summed E-state index contributed by atoms with van der Waals surface area (Å²) in [7, 11) is 0. The van der Waals surface area contributed by atoms with E-state index < -0.39 is 0 Å². The fourth-order valence-corrected chi connectivity index (χ4v) is 2.10. The normalized spacial score (nSPS) is 13.1. The first-order valence-corrected chi connectivity index (χ1v) is 5.04. The SMILES string of the molecule is Nc1ncc2c(n1)CCc1ccccc1-2. The van der Waals surface area contributed by atoms with E-state index in [2.05, 4.69) is 28.2 Å². The molecular weight excluding hydrogens is 186 g/mol. The summed E-state index contributed by atoms with van der Waals surface area (Å²) < 4.78 is 0. The highest BCUT2D eigenvalue weighted by atomic mass is 15.0. The maximum absolute atomic E-state index is 5.58. The van der Waals surface area contributed by atoms with Crippen LogP contribution in [0.4, 0.5) is 5.95 Å². The molecule has 1 heterocycles. The smallest absolute Gasteiger partial charge is 0.220 e. The van der Waals surface area contributed by atoms with Crippen molar-refractivity contribution in [1.82, 2.24) is 9.97 Å². The first-order valence-electron chi connectivity index (χ1n) is 5.04. The number of hydrogen-bond acceptors (Lipinski definition) is 3. The van der Waals surface area contributed by atoms with Crippen LogP contribution in [0.15, 0.2) is 30.5 Å². The fraction of sp³-hybridized carbons (Fsp3) is 0.167. The molecule has 1 aromatic carbocycles. The molecule has 74 valence electrons. The van der Waals surface area contributed by atoms with Crippen LogP contribution >= 0.6 is 0 Å². The van der Waals surface area contributed by atoms with Gasteiger partial charge in [0.2, 0.25) is 5.95 Å². The second kappa shape index (κ2) is 3.05. The molecular formula is C12H11N3. The topological polar surface area (TPSA) is 51.8 Å². The molecule has 0 unspecified atom stereocenters. The Hall–Kier alpha value is -1.90. The summed E-state index contributed by atoms with van der Waals surface area (Å²) in [5, 5.41) is 0. The van der Waals surface area contributed by atoms with E-state index in [4.69, 9.17) is 5.73 Å². The van der Waals surface area contributed by atoms with Crippen molar-refractivity contribution < 1.29 is 0 Å². The Morgan fingerprint density at radius 2 is 1.93 bits per heavy atom. The Labute approximate surface area is 88.0 Å². The molecule has 0 saturated heterocycles. The number of benzene rings is 1. The van der Waals surface area contributed by atoms with Gasteiger partial charge in [-0.2, -0.15) is 0 Å². The number of nitrogens with two attached hydrogens (primary N) is 1. The number of anilines is 1. The minimum Gasteiger partial charge on any atom is -0.368 e. The maximum Gasteiger partial charge on any atom is 0.220 e. The van der Waals surface area contributed by atoms with Crippen LogP contribution in [-0.2, 0) is 12.8 Å². The van der Waals surface area contributed by atoms with Gasteiger partial charge in [-0.1, -0.05) is 24.3 Å². The summed E-state index contributed by atoms with van der Waals surface area (Å²) in [5.74, 6) is 0.369. The van der Waals surface area contributed by atoms with Crippen molar-refractivity contribution in [3.8, 4) is 11.1 Å². The number of aromatic nitrogens is 2. The minimum atomic E-state index is 0.369. The van der Waals surface area contributed by atoms with Crippen LogP contribution in [0.25, 0.3) is 11.1 Å². The lowest BCUT2D eigenvalue weighted by Crippen LogP contribution is -2.08. The lowest BCUT2D eigenvalue weighted by atomic mass is 9.90. The molecule has 0 atom stereocenters. The first kappa shape index (κ1) is 8.41. The Bertz CT molecular complexity index is 520. The van der Waals surface area contributed by atoms with Crippen molar-refractivity contribution in [3.63, 3.8) is 0 Å². The number of aryl methyl sites for hydroxylation is 2. The van der Waals surface area contributed by atoms with E-state index in [-0.39, 0.29) is 0 Å². The molecule has 0 spiro atoms. The van der Waals surface area contributed by atoms with Crippen LogP contribution in [0.2, 0.25) is 0 Å². The third kappa shape index (κ3) is 1.28. The van der Waals surface area contributed by atoms with E-state index >= 15 is 0 Å². The Morgan fingerprint density at radius 3 is 2.87 bits per heavy atom. The summed E-state index contributed by atoms with van der Waals surface area (Å²) in [5.41, 5.74) is 10.4. The fourth-order valence-electron chi connectivity index (χ4n) is 2.10. The summed E-state index contributed by atoms with van der Waals surface area (Å²) >= 11 is 0. The summed E-state index contributed by atoms with van der Waals surface area (Å²) in [6, 6.07) is 8.40. The Morgan fingerprint density at radius 1 is 1.07 bits per heavy atom. The molecule has 0 radical (unpaired) electrons. The van der Waals surface area contributed by atoms with Crippen LogP contribution in [0.5, 0.6) is 0 Å². The van der Waals surface area contributed by atoms with Crippen molar-refractivity contribution in [3.05, 3.63) is 41.7 Å². The van der Waals surface area contributed by atoms with Gasteiger partial charge >= 0.3 is 0 Å². The van der Waals surface area contributed by atoms with Crippen molar-refractivity contribution in [2.24, 2.45) is 0 Å². The van der Waals surface area contributed by atoms with E-state index in [1.54, 1.807) is 0 Å². The number of nitrogen functional groups attached to an aromatic ring is 1. The van der Waals surface area contributed by atoms with Gasteiger partial charge in [-0.15, -0.1) is 0 Å². The zero-order valence-corrected chi connectivity index (χ0v) is 8.27. The van der Waals surface area contributed by atoms with Gasteiger partial charge < -0.3 is 5.73 Å². The van der Waals surface area contributed by atoms with Crippen molar-refractivity contribution in [1.29, 1.82) is 0 Å². The zero-order chi connectivity index (χ0) is 10.3. The highest BCUT2D eigenvalue weighted by Gasteiger charge is 2.16. The predicted octanol–water partition coefficient (Wildman–Crippen LogP) is 1.82. The van der Waals surface area contributed by atoms with Crippen LogP contribution in [0.1, 0.15) is 11.3 Å². The number of rotatable bonds is 0. The van der Waals surface area contributed by atoms with Gasteiger partial charge in [0.05, 0.1) is 5.69 Å². The molecule has 2 aromatic rings. The molecule has 1 aliphatic carbocycles. The average molecular weight is 197 g/mol. The summed E-state index contributed by atoms with van der Waals surface area (Å²) in [6.07, 6.45) is 3.83. The van der Waals surface area contributed by atoms with Gasteiger partial charge in [0.25, 0.3) is 0 Å². The molecule has 3 heteroatoms. The lowest BCUT2D eigenvalue weighted by Gasteiger charge is -2.18. The number of nitrogens with zero attached hydrogens (tertiary/aromatic N) is 2. The molecule has 3 rings (SSSR count). The van der Waals surface area contributed by atoms with Gasteiger partial charge in [0, 0.05) is 11.8 Å². The second-order valence-electron chi connectivity index (χ2n) is 3.75. The lowest BCUT2D eigenvalue weighted by molar-refractivity contribution is 0.887. The van der Waals surface area contributed by atoms with Crippen LogP contribution < -0.4 is 5.73 Å². The Kier molecular flexibility index (Phi) is 1.71. The van der Waals surface area contributed by atoms with E-state index in [9.17, 15) is 0 Å². The van der Waals surface area contributed by atoms with Crippen molar-refractivity contribution in [2.75, 3.05) is 5.73 Å². The molecule has 15 heavy (non-hydrogen) atoms. The van der Waals surface area contributed by atoms with Gasteiger partial charge in [0.15, 0.2) is 0 Å². The molecule has 0 fully saturated rings. The minimum absolute atomic E-state index is 0.369. The third-order valence-electron chi connectivity index (χ3n) is 2.83. The highest BCUT2D eigenvalue weighted by Crippen LogP contribution is 2.31. The summed E-state index contributed by atoms with van der Waals surface area (Å²) in [6.45, 7) is 0. The molecule has 0 aliphatic heterocycles. The largest absolute Gasteiger partial charge is 0.368 e. The third-order valence-corrected chi connectivity index (χ3v) is 2.83. The number of hydrogen-bond donors (Lipinski definition) is 1. The van der Waals surface area contributed by atoms with E-state index in [0.717, 1.165) is 24.1 Å². The van der Waals surface area contributed by atoms with E-state index in [0.29, 0.717) is 5.95 Å². The molecule has 0 saturated carbocycles. The summed E-state index contributed by atoms with van der Waals surface area (Å²) in [4.78, 5) is 8.34. The second-order valence-corrected chi connectivity index (χ2v) is 3.75. The predicted molar refractivity (Wildman–Crippen MR) is 59.3 cm³/mol. The maximum atomic E-state index is 5.58. The van der Waals surface area contributed by atoms with Crippen LogP contribution in [-0.4, -0.2) is 9.97 Å². The van der Waals surface area contributed by atoms with Gasteiger partial charge in [-0.05, 0) is 24.0 Å².